The van der Waals surface area contributed by atoms with Crippen LogP contribution in [0, 0.1) is 11.6 Å². The first kappa shape index (κ1) is 23.8. The average molecular weight is 471 g/mol. The molecule has 9 heteroatoms. The highest BCUT2D eigenvalue weighted by molar-refractivity contribution is 5.94. The lowest BCUT2D eigenvalue weighted by Gasteiger charge is -2.29. The smallest absolute Gasteiger partial charge is 0.254 e. The van der Waals surface area contributed by atoms with E-state index in [-0.39, 0.29) is 23.8 Å². The molecule has 2 heterocycles. The zero-order valence-electron chi connectivity index (χ0n) is 19.3. The van der Waals surface area contributed by atoms with Gasteiger partial charge in [-0.25, -0.2) is 8.78 Å². The fraction of sp³-hybridized carbons (Fsp3) is 0.360. The Balaban J connectivity index is 1.72. The number of amides is 1. The molecule has 1 aliphatic rings. The van der Waals surface area contributed by atoms with Crippen LogP contribution >= 0.6 is 0 Å². The Morgan fingerprint density at radius 2 is 1.76 bits per heavy atom. The number of hydrogen-bond donors (Lipinski definition) is 0. The molecule has 0 bridgehead atoms. The third-order valence-electron chi connectivity index (χ3n) is 5.71. The number of carbonyl (C=O) groups is 1. The topological polar surface area (TPSA) is 62.1 Å². The van der Waals surface area contributed by atoms with E-state index in [1.54, 1.807) is 23.1 Å². The molecule has 1 aliphatic heterocycles. The Hall–Kier alpha value is -3.30. The number of ether oxygens (including phenoxy) is 1. The highest BCUT2D eigenvalue weighted by atomic mass is 19.1. The minimum absolute atomic E-state index is 0.200. The minimum Gasteiger partial charge on any atom is -0.378 e. The molecule has 2 aromatic carbocycles. The maximum Gasteiger partial charge on any atom is 0.254 e. The van der Waals surface area contributed by atoms with Gasteiger partial charge in [0.25, 0.3) is 5.91 Å². The predicted octanol–water partition coefficient (Wildman–Crippen LogP) is 3.66. The quantitative estimate of drug-likeness (QED) is 0.501. The molecule has 0 N–H and O–H groups in total. The molecule has 34 heavy (non-hydrogen) atoms. The average Bonchev–Trinajstić information content (AvgIpc) is 3.25. The monoisotopic (exact) mass is 470 g/mol. The molecule has 7 nitrogen and oxygen atoms in total. The Morgan fingerprint density at radius 1 is 1.03 bits per heavy atom. The summed E-state index contributed by atoms with van der Waals surface area (Å²) in [6.45, 7) is 3.59. The van der Waals surface area contributed by atoms with E-state index in [0.717, 1.165) is 5.56 Å². The summed E-state index contributed by atoms with van der Waals surface area (Å²) in [5.41, 5.74) is 2.22. The molecule has 1 saturated heterocycles. The van der Waals surface area contributed by atoms with E-state index in [4.69, 9.17) is 9.26 Å². The van der Waals surface area contributed by atoms with Crippen molar-refractivity contribution in [1.29, 1.82) is 0 Å². The fourth-order valence-corrected chi connectivity index (χ4v) is 3.86. The van der Waals surface area contributed by atoms with Crippen LogP contribution in [0.2, 0.25) is 0 Å². The molecule has 0 atom stereocenters. The van der Waals surface area contributed by atoms with Crippen LogP contribution in [0.4, 0.5) is 14.7 Å². The largest absolute Gasteiger partial charge is 0.378 e. The van der Waals surface area contributed by atoms with Gasteiger partial charge >= 0.3 is 0 Å². The molecule has 1 aromatic heterocycles. The van der Waals surface area contributed by atoms with E-state index in [0.29, 0.717) is 56.5 Å². The van der Waals surface area contributed by atoms with E-state index in [1.807, 2.05) is 23.9 Å². The van der Waals surface area contributed by atoms with Crippen molar-refractivity contribution in [3.63, 3.8) is 0 Å². The molecule has 3 aromatic rings. The second-order valence-electron chi connectivity index (χ2n) is 8.46. The summed E-state index contributed by atoms with van der Waals surface area (Å²) in [6.07, 6.45) is 0. The van der Waals surface area contributed by atoms with E-state index in [2.05, 4.69) is 5.16 Å². The summed E-state index contributed by atoms with van der Waals surface area (Å²) < 4.78 is 38.6. The van der Waals surface area contributed by atoms with Crippen LogP contribution in [0.3, 0.4) is 0 Å². The Morgan fingerprint density at radius 3 is 2.44 bits per heavy atom. The van der Waals surface area contributed by atoms with Crippen molar-refractivity contribution in [2.24, 2.45) is 0 Å². The maximum absolute atomic E-state index is 13.9. The van der Waals surface area contributed by atoms with E-state index < -0.39 is 5.82 Å². The Labute approximate surface area is 197 Å². The first-order chi connectivity index (χ1) is 16.4. The third kappa shape index (κ3) is 5.60. The van der Waals surface area contributed by atoms with E-state index in [9.17, 15) is 13.6 Å². The molecule has 0 aliphatic carbocycles. The van der Waals surface area contributed by atoms with Crippen LogP contribution in [0.1, 0.15) is 15.9 Å². The molecule has 180 valence electrons. The highest BCUT2D eigenvalue weighted by Crippen LogP contribution is 2.33. The van der Waals surface area contributed by atoms with Gasteiger partial charge in [-0.2, -0.15) is 0 Å². The van der Waals surface area contributed by atoms with Crippen molar-refractivity contribution in [2.45, 2.75) is 6.54 Å². The number of nitrogens with zero attached hydrogens (tertiary/aromatic N) is 4. The van der Waals surface area contributed by atoms with Crippen LogP contribution in [-0.2, 0) is 11.3 Å². The third-order valence-corrected chi connectivity index (χ3v) is 5.71. The zero-order chi connectivity index (χ0) is 24.1. The number of morpholine rings is 1. The number of hydrogen-bond acceptors (Lipinski definition) is 6. The molecule has 0 saturated carbocycles. The fourth-order valence-electron chi connectivity index (χ4n) is 3.86. The molecule has 4 rings (SSSR count). The van der Waals surface area contributed by atoms with Crippen molar-refractivity contribution >= 4 is 11.8 Å². The molecule has 0 spiro atoms. The zero-order valence-corrected chi connectivity index (χ0v) is 19.3. The molecular weight excluding hydrogens is 442 g/mol. The maximum atomic E-state index is 13.9. The van der Waals surface area contributed by atoms with Gasteiger partial charge in [0.2, 0.25) is 5.88 Å². The SMILES string of the molecule is CN(C)CCN(Cc1c(-c2ccc(F)cc2)noc1N1CCOCC1)C(=O)c1cccc(F)c1. The van der Waals surface area contributed by atoms with Crippen molar-refractivity contribution in [1.82, 2.24) is 15.0 Å². The number of benzene rings is 2. The van der Waals surface area contributed by atoms with Crippen LogP contribution < -0.4 is 4.90 Å². The number of rotatable bonds is 8. The summed E-state index contributed by atoms with van der Waals surface area (Å²) >= 11 is 0. The lowest BCUT2D eigenvalue weighted by molar-refractivity contribution is 0.0731. The highest BCUT2D eigenvalue weighted by Gasteiger charge is 2.28. The van der Waals surface area contributed by atoms with Crippen LogP contribution in [0.25, 0.3) is 11.3 Å². The molecule has 0 radical (unpaired) electrons. The van der Waals surface area contributed by atoms with Crippen LogP contribution in [0.15, 0.2) is 53.1 Å². The van der Waals surface area contributed by atoms with Crippen molar-refractivity contribution in [3.05, 3.63) is 71.3 Å². The Bertz CT molecular complexity index is 1110. The standard InChI is InChI=1S/C25H28F2N4O3/c1-29(2)10-11-31(24(32)19-4-3-5-21(27)16-19)17-22-23(18-6-8-20(26)9-7-18)28-34-25(22)30-12-14-33-15-13-30/h3-9,16H,10-15,17H2,1-2H3. The normalized spacial score (nSPS) is 14.0. The van der Waals surface area contributed by atoms with Gasteiger partial charge in [-0.05, 0) is 56.6 Å². The van der Waals surface area contributed by atoms with Crippen LogP contribution in [0.5, 0.6) is 0 Å². The van der Waals surface area contributed by atoms with Crippen LogP contribution in [-0.4, -0.2) is 74.4 Å². The number of likely N-dealkylation sites (N-methyl/N-ethyl adjacent to an activating group) is 1. The van der Waals surface area contributed by atoms with Gasteiger partial charge in [-0.1, -0.05) is 11.2 Å². The molecule has 0 unspecified atom stereocenters. The lowest BCUT2D eigenvalue weighted by atomic mass is 10.1. The molecule has 1 fully saturated rings. The number of carbonyl (C=O) groups excluding carboxylic acids is 1. The van der Waals surface area contributed by atoms with Gasteiger partial charge in [0.15, 0.2) is 0 Å². The van der Waals surface area contributed by atoms with Gasteiger partial charge in [0.05, 0.1) is 25.3 Å². The summed E-state index contributed by atoms with van der Waals surface area (Å²) in [5, 5.41) is 4.30. The summed E-state index contributed by atoms with van der Waals surface area (Å²) in [5.74, 6) is -0.550. The van der Waals surface area contributed by atoms with Crippen molar-refractivity contribution in [2.75, 3.05) is 58.4 Å². The summed E-state index contributed by atoms with van der Waals surface area (Å²) in [6, 6.07) is 11.7. The second kappa shape index (κ2) is 10.8. The van der Waals surface area contributed by atoms with Crippen molar-refractivity contribution in [3.8, 4) is 11.3 Å². The summed E-state index contributed by atoms with van der Waals surface area (Å²) in [7, 11) is 3.85. The first-order valence-corrected chi connectivity index (χ1v) is 11.2. The van der Waals surface area contributed by atoms with Gasteiger partial charge in [-0.15, -0.1) is 0 Å². The van der Waals surface area contributed by atoms with E-state index in [1.165, 1.54) is 30.3 Å². The van der Waals surface area contributed by atoms with Gasteiger partial charge in [-0.3, -0.25) is 4.79 Å². The lowest BCUT2D eigenvalue weighted by Crippen LogP contribution is -2.38. The molecular formula is C25H28F2N4O3. The number of aromatic nitrogens is 1. The first-order valence-electron chi connectivity index (χ1n) is 11.2. The minimum atomic E-state index is -0.468. The molecule has 1 amide bonds. The van der Waals surface area contributed by atoms with Gasteiger partial charge < -0.3 is 24.0 Å². The van der Waals surface area contributed by atoms with E-state index >= 15 is 0 Å². The van der Waals surface area contributed by atoms with Gasteiger partial charge in [0.1, 0.15) is 17.3 Å². The number of halogens is 2. The predicted molar refractivity (Wildman–Crippen MR) is 125 cm³/mol. The Kier molecular flexibility index (Phi) is 7.54. The van der Waals surface area contributed by atoms with Crippen molar-refractivity contribution < 1.29 is 22.8 Å². The van der Waals surface area contributed by atoms with Gasteiger partial charge in [0, 0.05) is 37.3 Å². The summed E-state index contributed by atoms with van der Waals surface area (Å²) in [4.78, 5) is 19.1. The second-order valence-corrected chi connectivity index (χ2v) is 8.46. The number of anilines is 1.